The lowest BCUT2D eigenvalue weighted by molar-refractivity contribution is -0.0207. The van der Waals surface area contributed by atoms with Crippen molar-refractivity contribution in [3.8, 4) is 5.75 Å². The van der Waals surface area contributed by atoms with Crippen molar-refractivity contribution < 1.29 is 18.7 Å². The molecule has 2 heterocycles. The van der Waals surface area contributed by atoms with Crippen molar-refractivity contribution in [3.05, 3.63) is 65.1 Å². The van der Waals surface area contributed by atoms with Crippen molar-refractivity contribution >= 4 is 16.8 Å². The average Bonchev–Trinajstić information content (AvgIpc) is 3.04. The third-order valence-electron chi connectivity index (χ3n) is 5.21. The molecule has 28 heavy (non-hydrogen) atoms. The lowest BCUT2D eigenvalue weighted by Crippen LogP contribution is -2.46. The largest absolute Gasteiger partial charge is 0.497 e. The molecule has 1 aromatic heterocycles. The van der Waals surface area contributed by atoms with Gasteiger partial charge in [-0.25, -0.2) is 4.39 Å². The summed E-state index contributed by atoms with van der Waals surface area (Å²) in [5.41, 5.74) is 3.43. The van der Waals surface area contributed by atoms with E-state index in [1.807, 2.05) is 30.0 Å². The van der Waals surface area contributed by atoms with Gasteiger partial charge in [0.05, 0.1) is 25.4 Å². The molecule has 2 aromatic carbocycles. The van der Waals surface area contributed by atoms with E-state index in [2.05, 4.69) is 4.98 Å². The summed E-state index contributed by atoms with van der Waals surface area (Å²) < 4.78 is 24.3. The minimum atomic E-state index is -0.254. The lowest BCUT2D eigenvalue weighted by Gasteiger charge is -2.33. The van der Waals surface area contributed by atoms with Gasteiger partial charge in [-0.2, -0.15) is 0 Å². The van der Waals surface area contributed by atoms with Crippen molar-refractivity contribution in [1.29, 1.82) is 0 Å². The molecule has 4 rings (SSSR count). The number of hydrogen-bond donors (Lipinski definition) is 1. The number of benzene rings is 2. The summed E-state index contributed by atoms with van der Waals surface area (Å²) >= 11 is 0. The van der Waals surface area contributed by atoms with Crippen LogP contribution in [0.5, 0.6) is 5.75 Å². The molecule has 1 atom stereocenters. The van der Waals surface area contributed by atoms with Crippen molar-refractivity contribution in [1.82, 2.24) is 9.88 Å². The van der Waals surface area contributed by atoms with Crippen molar-refractivity contribution in [2.45, 2.75) is 19.4 Å². The average molecular weight is 382 g/mol. The van der Waals surface area contributed by atoms with E-state index in [0.717, 1.165) is 27.9 Å². The van der Waals surface area contributed by atoms with E-state index < -0.39 is 0 Å². The van der Waals surface area contributed by atoms with Crippen LogP contribution < -0.4 is 4.74 Å². The van der Waals surface area contributed by atoms with Crippen LogP contribution in [0.3, 0.4) is 0 Å². The summed E-state index contributed by atoms with van der Waals surface area (Å²) in [5, 5.41) is 0.864. The number of halogens is 1. The number of morpholine rings is 1. The van der Waals surface area contributed by atoms with Gasteiger partial charge in [0.25, 0.3) is 5.91 Å². The van der Waals surface area contributed by atoms with Crippen LogP contribution in [0.15, 0.2) is 42.5 Å². The zero-order chi connectivity index (χ0) is 19.7. The number of aromatic nitrogens is 1. The zero-order valence-corrected chi connectivity index (χ0v) is 16.0. The maximum atomic E-state index is 13.3. The number of fused-ring (bicyclic) bond motifs is 1. The molecule has 1 unspecified atom stereocenters. The molecule has 1 N–H and O–H groups in total. The topological polar surface area (TPSA) is 54.6 Å². The van der Waals surface area contributed by atoms with Crippen LogP contribution in [-0.4, -0.2) is 48.7 Å². The number of nitrogens with one attached hydrogen (secondary N) is 1. The highest BCUT2D eigenvalue weighted by atomic mass is 19.1. The second kappa shape index (κ2) is 7.64. The highest BCUT2D eigenvalue weighted by molar-refractivity contribution is 6.08. The van der Waals surface area contributed by atoms with Gasteiger partial charge in [0.15, 0.2) is 0 Å². The van der Waals surface area contributed by atoms with E-state index in [9.17, 15) is 9.18 Å². The molecule has 0 bridgehead atoms. The number of rotatable bonds is 4. The van der Waals surface area contributed by atoms with E-state index in [1.54, 1.807) is 19.2 Å². The monoisotopic (exact) mass is 382 g/mol. The molecule has 146 valence electrons. The minimum Gasteiger partial charge on any atom is -0.497 e. The number of methoxy groups -OCH3 is 1. The highest BCUT2D eigenvalue weighted by Crippen LogP contribution is 2.28. The molecule has 6 heteroatoms. The Kier molecular flexibility index (Phi) is 5.05. The molecular weight excluding hydrogens is 359 g/mol. The Morgan fingerprint density at radius 3 is 2.82 bits per heavy atom. The van der Waals surface area contributed by atoms with Gasteiger partial charge >= 0.3 is 0 Å². The van der Waals surface area contributed by atoms with Gasteiger partial charge < -0.3 is 19.4 Å². The summed E-state index contributed by atoms with van der Waals surface area (Å²) in [4.78, 5) is 18.4. The highest BCUT2D eigenvalue weighted by Gasteiger charge is 2.28. The molecule has 0 aliphatic carbocycles. The Balaban J connectivity index is 1.55. The van der Waals surface area contributed by atoms with Crippen LogP contribution >= 0.6 is 0 Å². The van der Waals surface area contributed by atoms with Gasteiger partial charge in [0, 0.05) is 36.1 Å². The van der Waals surface area contributed by atoms with Gasteiger partial charge in [-0.1, -0.05) is 12.1 Å². The normalized spacial score (nSPS) is 17.1. The van der Waals surface area contributed by atoms with Crippen molar-refractivity contribution in [3.63, 3.8) is 0 Å². The number of carbonyl (C=O) groups excluding carboxylic acids is 1. The summed E-state index contributed by atoms with van der Waals surface area (Å²) in [6, 6.07) is 12.1. The summed E-state index contributed by atoms with van der Waals surface area (Å²) in [6.07, 6.45) is 0.535. The van der Waals surface area contributed by atoms with Gasteiger partial charge in [0.2, 0.25) is 0 Å². The smallest absolute Gasteiger partial charge is 0.256 e. The van der Waals surface area contributed by atoms with Crippen LogP contribution in [0.1, 0.15) is 21.6 Å². The van der Waals surface area contributed by atoms with Gasteiger partial charge in [0.1, 0.15) is 11.6 Å². The van der Waals surface area contributed by atoms with Crippen LogP contribution in [0.2, 0.25) is 0 Å². The third kappa shape index (κ3) is 3.60. The lowest BCUT2D eigenvalue weighted by atomic mass is 10.0. The predicted octanol–water partition coefficient (Wildman–Crippen LogP) is 3.71. The van der Waals surface area contributed by atoms with E-state index in [4.69, 9.17) is 9.47 Å². The SMILES string of the molecule is COc1ccc2[nH]c(C)c(C(=O)N3CCOC(Cc4ccc(F)cc4)C3)c2c1. The molecule has 0 spiro atoms. The van der Waals surface area contributed by atoms with Crippen LogP contribution in [0.4, 0.5) is 4.39 Å². The fraction of sp³-hybridized carbons (Fsp3) is 0.318. The predicted molar refractivity (Wildman–Crippen MR) is 105 cm³/mol. The van der Waals surface area contributed by atoms with E-state index >= 15 is 0 Å². The van der Waals surface area contributed by atoms with Crippen LogP contribution in [0.25, 0.3) is 10.9 Å². The molecule has 1 amide bonds. The summed E-state index contributed by atoms with van der Waals surface area (Å²) in [7, 11) is 1.62. The molecule has 1 saturated heterocycles. The Bertz CT molecular complexity index is 997. The molecule has 0 radical (unpaired) electrons. The molecule has 1 aliphatic heterocycles. The number of H-pyrrole nitrogens is 1. The van der Waals surface area contributed by atoms with E-state index in [-0.39, 0.29) is 17.8 Å². The molecule has 1 fully saturated rings. The van der Waals surface area contributed by atoms with E-state index in [0.29, 0.717) is 31.7 Å². The zero-order valence-electron chi connectivity index (χ0n) is 16.0. The number of amides is 1. The van der Waals surface area contributed by atoms with Gasteiger partial charge in [-0.05, 0) is 42.8 Å². The first-order valence-electron chi connectivity index (χ1n) is 9.37. The number of aromatic amines is 1. The standard InChI is InChI=1S/C22H23FN2O3/c1-14-21(19-12-17(27-2)7-8-20(19)24-14)22(26)25-9-10-28-18(13-25)11-15-3-5-16(23)6-4-15/h3-8,12,18,24H,9-11,13H2,1-2H3. The first-order valence-corrected chi connectivity index (χ1v) is 9.37. The van der Waals surface area contributed by atoms with Crippen molar-refractivity contribution in [2.75, 3.05) is 26.8 Å². The van der Waals surface area contributed by atoms with Gasteiger partial charge in [-0.3, -0.25) is 4.79 Å². The number of hydrogen-bond acceptors (Lipinski definition) is 3. The number of aryl methyl sites for hydroxylation is 1. The number of ether oxygens (including phenoxy) is 2. The van der Waals surface area contributed by atoms with Gasteiger partial charge in [-0.15, -0.1) is 0 Å². The maximum absolute atomic E-state index is 13.3. The Morgan fingerprint density at radius 2 is 2.07 bits per heavy atom. The maximum Gasteiger partial charge on any atom is 0.256 e. The molecule has 3 aromatic rings. The van der Waals surface area contributed by atoms with Crippen LogP contribution in [-0.2, 0) is 11.2 Å². The molecular formula is C22H23FN2O3. The number of carbonyl (C=O) groups is 1. The van der Waals surface area contributed by atoms with Crippen LogP contribution in [0, 0.1) is 12.7 Å². The Morgan fingerprint density at radius 1 is 1.29 bits per heavy atom. The first-order chi connectivity index (χ1) is 13.5. The molecule has 1 aliphatic rings. The Labute approximate surface area is 163 Å². The third-order valence-corrected chi connectivity index (χ3v) is 5.21. The summed E-state index contributed by atoms with van der Waals surface area (Å²) in [5.74, 6) is 0.455. The summed E-state index contributed by atoms with van der Waals surface area (Å²) in [6.45, 7) is 3.46. The van der Waals surface area contributed by atoms with E-state index in [1.165, 1.54) is 12.1 Å². The second-order valence-corrected chi connectivity index (χ2v) is 7.11. The first kappa shape index (κ1) is 18.5. The Hall–Kier alpha value is -2.86. The fourth-order valence-electron chi connectivity index (χ4n) is 3.78. The molecule has 0 saturated carbocycles. The minimum absolute atomic E-state index is 0.00981. The fourth-order valence-corrected chi connectivity index (χ4v) is 3.78. The molecule has 5 nitrogen and oxygen atoms in total. The quantitative estimate of drug-likeness (QED) is 0.748. The number of nitrogens with zero attached hydrogens (tertiary/aromatic N) is 1. The van der Waals surface area contributed by atoms with Crippen molar-refractivity contribution in [2.24, 2.45) is 0 Å². The second-order valence-electron chi connectivity index (χ2n) is 7.11.